The van der Waals surface area contributed by atoms with Crippen LogP contribution in [0.25, 0.3) is 0 Å². The number of carbonyl (C=O) groups is 2. The molecule has 0 unspecified atom stereocenters. The van der Waals surface area contributed by atoms with Crippen LogP contribution < -0.4 is 69.3 Å². The molecular formula is C10H18Na2O5. The first-order valence-corrected chi connectivity index (χ1v) is 5.02. The van der Waals surface area contributed by atoms with E-state index in [9.17, 15) is 19.8 Å². The Morgan fingerprint density at radius 2 is 0.882 bits per heavy atom. The van der Waals surface area contributed by atoms with Gasteiger partial charge in [0, 0.05) is 11.9 Å². The topological polar surface area (TPSA) is 112 Å². The third-order valence-electron chi connectivity index (χ3n) is 2.01. The first kappa shape index (κ1) is 26.5. The summed E-state index contributed by atoms with van der Waals surface area (Å²) in [5.74, 6) is -2.00. The molecule has 0 saturated carbocycles. The summed E-state index contributed by atoms with van der Waals surface area (Å²) < 4.78 is 0. The number of unbranched alkanes of at least 4 members (excludes halogenated alkanes) is 5. The average molecular weight is 264 g/mol. The number of carbonyl (C=O) groups excluding carboxylic acids is 2. The minimum absolute atomic E-state index is 0. The van der Waals surface area contributed by atoms with Gasteiger partial charge in [-0.1, -0.05) is 25.7 Å². The molecule has 0 aliphatic rings. The van der Waals surface area contributed by atoms with E-state index >= 15 is 0 Å². The SMILES string of the molecule is O.O=C([O-])CCCCCCCCC(=O)[O-].[Na+].[Na+]. The number of hydrogen-bond acceptors (Lipinski definition) is 4. The molecule has 17 heavy (non-hydrogen) atoms. The summed E-state index contributed by atoms with van der Waals surface area (Å²) in [6, 6.07) is 0. The molecule has 0 amide bonds. The minimum atomic E-state index is -0.998. The van der Waals surface area contributed by atoms with E-state index in [4.69, 9.17) is 0 Å². The van der Waals surface area contributed by atoms with Gasteiger partial charge in [-0.05, 0) is 25.7 Å². The molecule has 0 atom stereocenters. The summed E-state index contributed by atoms with van der Waals surface area (Å²) in [7, 11) is 0. The Kier molecular flexibility index (Phi) is 30.0. The Hall–Kier alpha value is 0.900. The van der Waals surface area contributed by atoms with E-state index in [2.05, 4.69) is 0 Å². The molecule has 0 rings (SSSR count). The van der Waals surface area contributed by atoms with Crippen molar-refractivity contribution in [3.05, 3.63) is 0 Å². The van der Waals surface area contributed by atoms with Crippen LogP contribution in [0.1, 0.15) is 51.4 Å². The number of carboxylic acids is 2. The monoisotopic (exact) mass is 264 g/mol. The van der Waals surface area contributed by atoms with Gasteiger partial charge in [0.25, 0.3) is 0 Å². The normalized spacial score (nSPS) is 8.24. The zero-order chi connectivity index (χ0) is 10.8. The molecule has 0 radical (unpaired) electrons. The smallest absolute Gasteiger partial charge is 0.550 e. The molecule has 0 bridgehead atoms. The van der Waals surface area contributed by atoms with Crippen LogP contribution in [-0.2, 0) is 9.59 Å². The van der Waals surface area contributed by atoms with Gasteiger partial charge in [0.2, 0.25) is 0 Å². The largest absolute Gasteiger partial charge is 1.00 e. The van der Waals surface area contributed by atoms with Gasteiger partial charge >= 0.3 is 59.1 Å². The van der Waals surface area contributed by atoms with Crippen LogP contribution in [0.2, 0.25) is 0 Å². The molecular weight excluding hydrogens is 246 g/mol. The van der Waals surface area contributed by atoms with Crippen molar-refractivity contribution < 1.29 is 84.4 Å². The van der Waals surface area contributed by atoms with Crippen LogP contribution in [0.5, 0.6) is 0 Å². The van der Waals surface area contributed by atoms with Gasteiger partial charge in [0.1, 0.15) is 0 Å². The van der Waals surface area contributed by atoms with Crippen molar-refractivity contribution in [3.63, 3.8) is 0 Å². The zero-order valence-electron chi connectivity index (χ0n) is 10.8. The standard InChI is InChI=1S/C10H18O4.2Na.H2O/c11-9(12)7-5-3-1-2-4-6-8-10(13)14;;;/h1-8H2,(H,11,12)(H,13,14);;;1H2/q;2*+1;/p-2. The van der Waals surface area contributed by atoms with Gasteiger partial charge in [0.05, 0.1) is 0 Å². The van der Waals surface area contributed by atoms with Crippen LogP contribution in [0, 0.1) is 0 Å². The molecule has 0 heterocycles. The van der Waals surface area contributed by atoms with Gasteiger partial charge in [-0.2, -0.15) is 0 Å². The second-order valence-corrected chi connectivity index (χ2v) is 3.37. The molecule has 0 aromatic carbocycles. The molecule has 7 heteroatoms. The summed E-state index contributed by atoms with van der Waals surface area (Å²) in [5, 5.41) is 20.1. The second kappa shape index (κ2) is 19.2. The quantitative estimate of drug-likeness (QED) is 0.304. The maximum absolute atomic E-state index is 10.0. The van der Waals surface area contributed by atoms with Crippen molar-refractivity contribution in [1.29, 1.82) is 0 Å². The van der Waals surface area contributed by atoms with E-state index in [1.165, 1.54) is 0 Å². The fourth-order valence-corrected chi connectivity index (χ4v) is 1.25. The Labute approximate surface area is 146 Å². The molecule has 0 aliphatic carbocycles. The first-order chi connectivity index (χ1) is 6.63. The van der Waals surface area contributed by atoms with E-state index < -0.39 is 11.9 Å². The molecule has 5 nitrogen and oxygen atoms in total. The van der Waals surface area contributed by atoms with E-state index in [0.29, 0.717) is 12.8 Å². The van der Waals surface area contributed by atoms with Crippen molar-refractivity contribution in [1.82, 2.24) is 0 Å². The van der Waals surface area contributed by atoms with Gasteiger partial charge in [-0.15, -0.1) is 0 Å². The maximum Gasteiger partial charge on any atom is 1.00 e. The molecule has 0 saturated heterocycles. The van der Waals surface area contributed by atoms with Crippen LogP contribution >= 0.6 is 0 Å². The Morgan fingerprint density at radius 3 is 1.12 bits per heavy atom. The average Bonchev–Trinajstić information content (AvgIpc) is 2.08. The third-order valence-corrected chi connectivity index (χ3v) is 2.01. The van der Waals surface area contributed by atoms with Gasteiger partial charge in [0.15, 0.2) is 0 Å². The van der Waals surface area contributed by atoms with Crippen LogP contribution in [0.3, 0.4) is 0 Å². The van der Waals surface area contributed by atoms with Crippen molar-refractivity contribution in [2.75, 3.05) is 0 Å². The number of hydrogen-bond donors (Lipinski definition) is 0. The summed E-state index contributed by atoms with van der Waals surface area (Å²) in [6.07, 6.45) is 5.23. The van der Waals surface area contributed by atoms with E-state index in [-0.39, 0.29) is 77.4 Å². The van der Waals surface area contributed by atoms with Gasteiger partial charge < -0.3 is 25.3 Å². The predicted octanol–water partition coefficient (Wildman–Crippen LogP) is -7.21. The van der Waals surface area contributed by atoms with Gasteiger partial charge in [-0.3, -0.25) is 0 Å². The predicted molar refractivity (Wildman–Crippen MR) is 50.6 cm³/mol. The molecule has 2 N–H and O–H groups in total. The first-order valence-electron chi connectivity index (χ1n) is 5.02. The summed E-state index contributed by atoms with van der Waals surface area (Å²) in [5.41, 5.74) is 0. The fourth-order valence-electron chi connectivity index (χ4n) is 1.25. The Morgan fingerprint density at radius 1 is 0.647 bits per heavy atom. The molecule has 90 valence electrons. The van der Waals surface area contributed by atoms with Crippen molar-refractivity contribution in [2.24, 2.45) is 0 Å². The molecule has 0 aromatic rings. The molecule has 0 aromatic heterocycles. The van der Waals surface area contributed by atoms with Crippen molar-refractivity contribution in [2.45, 2.75) is 51.4 Å². The fraction of sp³-hybridized carbons (Fsp3) is 0.800. The maximum atomic E-state index is 10.0. The third kappa shape index (κ3) is 26.5. The Balaban J connectivity index is -0.000000282. The van der Waals surface area contributed by atoms with E-state index in [1.807, 2.05) is 0 Å². The number of aliphatic carboxylic acids is 2. The van der Waals surface area contributed by atoms with E-state index in [1.54, 1.807) is 0 Å². The molecule has 0 fully saturated rings. The van der Waals surface area contributed by atoms with E-state index in [0.717, 1.165) is 25.7 Å². The van der Waals surface area contributed by atoms with Crippen LogP contribution in [0.15, 0.2) is 0 Å². The summed E-state index contributed by atoms with van der Waals surface area (Å²) in [4.78, 5) is 20.1. The summed E-state index contributed by atoms with van der Waals surface area (Å²) >= 11 is 0. The second-order valence-electron chi connectivity index (χ2n) is 3.37. The number of rotatable bonds is 9. The van der Waals surface area contributed by atoms with Gasteiger partial charge in [-0.25, -0.2) is 0 Å². The van der Waals surface area contributed by atoms with Crippen molar-refractivity contribution in [3.8, 4) is 0 Å². The summed E-state index contributed by atoms with van der Waals surface area (Å²) in [6.45, 7) is 0. The number of carboxylic acid groups (broad SMARTS) is 2. The Bertz CT molecular complexity index is 168. The molecule has 0 aliphatic heterocycles. The van der Waals surface area contributed by atoms with Crippen LogP contribution in [0.4, 0.5) is 0 Å². The minimum Gasteiger partial charge on any atom is -0.550 e. The molecule has 0 spiro atoms. The van der Waals surface area contributed by atoms with Crippen LogP contribution in [-0.4, -0.2) is 17.4 Å². The van der Waals surface area contributed by atoms with Crippen molar-refractivity contribution >= 4 is 11.9 Å². The zero-order valence-corrected chi connectivity index (χ0v) is 14.8.